The molecule has 2 aromatic rings. The predicted molar refractivity (Wildman–Crippen MR) is 103 cm³/mol. The fourth-order valence-corrected chi connectivity index (χ4v) is 3.86. The molecule has 1 atom stereocenters. The van der Waals surface area contributed by atoms with E-state index in [9.17, 15) is 4.79 Å². The molecule has 0 saturated carbocycles. The van der Waals surface area contributed by atoms with Crippen LogP contribution in [0.1, 0.15) is 54.4 Å². The van der Waals surface area contributed by atoms with Gasteiger partial charge in [-0.15, -0.1) is 11.3 Å². The molecule has 1 aliphatic heterocycles. The van der Waals surface area contributed by atoms with E-state index in [2.05, 4.69) is 44.4 Å². The van der Waals surface area contributed by atoms with Gasteiger partial charge in [-0.3, -0.25) is 4.79 Å². The number of carbonyl (C=O) groups is 1. The molecule has 134 valence electrons. The Morgan fingerprint density at radius 3 is 2.56 bits per heavy atom. The Labute approximate surface area is 154 Å². The maximum atomic E-state index is 13.1. The molecule has 3 rings (SSSR count). The summed E-state index contributed by atoms with van der Waals surface area (Å²) in [5.74, 6) is 0.0874. The second-order valence-corrected chi connectivity index (χ2v) is 8.76. The number of hydrogen-bond donors (Lipinski definition) is 0. The highest BCUT2D eigenvalue weighted by Gasteiger charge is 2.24. The Bertz CT molecular complexity index is 680. The normalized spacial score (nSPS) is 17.6. The minimum atomic E-state index is 0.0874. The molecular weight excluding hydrogens is 330 g/mol. The molecule has 1 aromatic carbocycles. The highest BCUT2D eigenvalue weighted by molar-refractivity contribution is 7.09. The summed E-state index contributed by atoms with van der Waals surface area (Å²) < 4.78 is 5.76. The molecule has 1 fully saturated rings. The molecule has 0 spiro atoms. The van der Waals surface area contributed by atoms with Crippen molar-refractivity contribution >= 4 is 17.2 Å². The van der Waals surface area contributed by atoms with Crippen molar-refractivity contribution in [3.8, 4) is 0 Å². The van der Waals surface area contributed by atoms with Crippen LogP contribution >= 0.6 is 11.3 Å². The second-order valence-electron chi connectivity index (χ2n) is 7.73. The molecule has 1 unspecified atom stereocenters. The van der Waals surface area contributed by atoms with Crippen molar-refractivity contribution in [2.24, 2.45) is 0 Å². The summed E-state index contributed by atoms with van der Waals surface area (Å²) in [7, 11) is 0. The minimum Gasteiger partial charge on any atom is -0.376 e. The van der Waals surface area contributed by atoms with Crippen LogP contribution in [-0.4, -0.2) is 30.1 Å². The fourth-order valence-electron chi connectivity index (χ4n) is 3.14. The summed E-state index contributed by atoms with van der Waals surface area (Å²) in [6.07, 6.45) is 2.29. The quantitative estimate of drug-likeness (QED) is 0.764. The van der Waals surface area contributed by atoms with Gasteiger partial charge >= 0.3 is 0 Å². The number of hydrogen-bond acceptors (Lipinski definition) is 3. The molecule has 0 bridgehead atoms. The molecule has 0 N–H and O–H groups in total. The maximum absolute atomic E-state index is 13.1. The molecule has 25 heavy (non-hydrogen) atoms. The van der Waals surface area contributed by atoms with Gasteiger partial charge < -0.3 is 9.64 Å². The smallest absolute Gasteiger partial charge is 0.254 e. The second kappa shape index (κ2) is 7.71. The molecule has 4 heteroatoms. The summed E-state index contributed by atoms with van der Waals surface area (Å²) in [6.45, 7) is 8.68. The molecular formula is C21H27NO2S. The van der Waals surface area contributed by atoms with Crippen LogP contribution in [0, 0.1) is 0 Å². The zero-order valence-electron chi connectivity index (χ0n) is 15.3. The van der Waals surface area contributed by atoms with E-state index in [0.717, 1.165) is 25.0 Å². The average molecular weight is 358 g/mol. The van der Waals surface area contributed by atoms with E-state index in [0.29, 0.717) is 13.1 Å². The summed E-state index contributed by atoms with van der Waals surface area (Å²) >= 11 is 1.69. The number of thiophene rings is 1. The van der Waals surface area contributed by atoms with Gasteiger partial charge in [-0.1, -0.05) is 39.0 Å². The van der Waals surface area contributed by atoms with Crippen molar-refractivity contribution in [1.82, 2.24) is 4.90 Å². The van der Waals surface area contributed by atoms with Gasteiger partial charge in [0.1, 0.15) is 0 Å². The van der Waals surface area contributed by atoms with Gasteiger partial charge in [0.05, 0.1) is 12.6 Å². The zero-order valence-corrected chi connectivity index (χ0v) is 16.1. The molecule has 3 nitrogen and oxygen atoms in total. The molecule has 2 heterocycles. The SMILES string of the molecule is CC(C)(C)c1ccc(C(=O)N(Cc2cccs2)CC2CCCO2)cc1. The van der Waals surface area contributed by atoms with Crippen LogP contribution in [0.25, 0.3) is 0 Å². The van der Waals surface area contributed by atoms with Crippen molar-refractivity contribution in [3.63, 3.8) is 0 Å². The monoisotopic (exact) mass is 357 g/mol. The van der Waals surface area contributed by atoms with Gasteiger partial charge in [0, 0.05) is 23.6 Å². The number of benzene rings is 1. The van der Waals surface area contributed by atoms with Crippen LogP contribution in [0.15, 0.2) is 41.8 Å². The van der Waals surface area contributed by atoms with Crippen molar-refractivity contribution in [1.29, 1.82) is 0 Å². The van der Waals surface area contributed by atoms with Crippen molar-refractivity contribution < 1.29 is 9.53 Å². The van der Waals surface area contributed by atoms with Gasteiger partial charge in [0.25, 0.3) is 5.91 Å². The number of carbonyl (C=O) groups excluding carboxylic acids is 1. The van der Waals surface area contributed by atoms with Crippen LogP contribution in [-0.2, 0) is 16.7 Å². The standard InChI is InChI=1S/C21H27NO2S/c1-21(2,3)17-10-8-16(9-11-17)20(23)22(14-18-6-4-12-24-18)15-19-7-5-13-25-19/h5,7-11,13,18H,4,6,12,14-15H2,1-3H3. The van der Waals surface area contributed by atoms with Gasteiger partial charge in [0.2, 0.25) is 0 Å². The number of nitrogens with zero attached hydrogens (tertiary/aromatic N) is 1. The molecule has 1 saturated heterocycles. The van der Waals surface area contributed by atoms with Crippen molar-refractivity contribution in [3.05, 3.63) is 57.8 Å². The lowest BCUT2D eigenvalue weighted by Crippen LogP contribution is -2.36. The van der Waals surface area contributed by atoms with E-state index in [4.69, 9.17) is 4.74 Å². The third kappa shape index (κ3) is 4.71. The summed E-state index contributed by atoms with van der Waals surface area (Å²) in [4.78, 5) is 16.2. The molecule has 1 aromatic heterocycles. The summed E-state index contributed by atoms with van der Waals surface area (Å²) in [5, 5.41) is 2.06. The Morgan fingerprint density at radius 2 is 2.00 bits per heavy atom. The van der Waals surface area contributed by atoms with E-state index >= 15 is 0 Å². The Morgan fingerprint density at radius 1 is 1.24 bits per heavy atom. The first-order valence-corrected chi connectivity index (χ1v) is 9.85. The van der Waals surface area contributed by atoms with Crippen LogP contribution < -0.4 is 0 Å². The number of amides is 1. The van der Waals surface area contributed by atoms with Crippen molar-refractivity contribution in [2.75, 3.05) is 13.2 Å². The van der Waals surface area contributed by atoms with Crippen molar-refractivity contribution in [2.45, 2.75) is 51.7 Å². The third-order valence-corrected chi connectivity index (χ3v) is 5.52. The summed E-state index contributed by atoms with van der Waals surface area (Å²) in [5.41, 5.74) is 2.09. The Kier molecular flexibility index (Phi) is 5.60. The summed E-state index contributed by atoms with van der Waals surface area (Å²) in [6, 6.07) is 12.2. The first-order valence-electron chi connectivity index (χ1n) is 8.97. The molecule has 1 amide bonds. The Balaban J connectivity index is 1.77. The molecule has 0 radical (unpaired) electrons. The van der Waals surface area contributed by atoms with E-state index < -0.39 is 0 Å². The highest BCUT2D eigenvalue weighted by atomic mass is 32.1. The van der Waals surface area contributed by atoms with E-state index in [1.165, 1.54) is 10.4 Å². The van der Waals surface area contributed by atoms with Crippen LogP contribution in [0.5, 0.6) is 0 Å². The lowest BCUT2D eigenvalue weighted by Gasteiger charge is -2.26. The largest absolute Gasteiger partial charge is 0.376 e. The fraction of sp³-hybridized carbons (Fsp3) is 0.476. The molecule has 1 aliphatic rings. The van der Waals surface area contributed by atoms with E-state index in [1.807, 2.05) is 23.1 Å². The van der Waals surface area contributed by atoms with Crippen LogP contribution in [0.4, 0.5) is 0 Å². The first-order chi connectivity index (χ1) is 11.9. The highest BCUT2D eigenvalue weighted by Crippen LogP contribution is 2.24. The zero-order chi connectivity index (χ0) is 17.9. The van der Waals surface area contributed by atoms with E-state index in [-0.39, 0.29) is 17.4 Å². The maximum Gasteiger partial charge on any atom is 0.254 e. The number of rotatable bonds is 5. The molecule has 0 aliphatic carbocycles. The van der Waals surface area contributed by atoms with Gasteiger partial charge in [-0.25, -0.2) is 0 Å². The Hall–Kier alpha value is -1.65. The van der Waals surface area contributed by atoms with Crippen LogP contribution in [0.2, 0.25) is 0 Å². The van der Waals surface area contributed by atoms with Crippen LogP contribution in [0.3, 0.4) is 0 Å². The van der Waals surface area contributed by atoms with Gasteiger partial charge in [-0.05, 0) is 47.4 Å². The topological polar surface area (TPSA) is 29.5 Å². The van der Waals surface area contributed by atoms with Gasteiger partial charge in [-0.2, -0.15) is 0 Å². The van der Waals surface area contributed by atoms with E-state index in [1.54, 1.807) is 11.3 Å². The minimum absolute atomic E-state index is 0.0874. The predicted octanol–water partition coefficient (Wildman–Crippen LogP) is 4.87. The van der Waals surface area contributed by atoms with Gasteiger partial charge in [0.15, 0.2) is 0 Å². The average Bonchev–Trinajstić information content (AvgIpc) is 3.27. The first kappa shape index (κ1) is 18.2. The lowest BCUT2D eigenvalue weighted by atomic mass is 9.86. The third-order valence-electron chi connectivity index (χ3n) is 4.66. The lowest BCUT2D eigenvalue weighted by molar-refractivity contribution is 0.0509. The number of ether oxygens (including phenoxy) is 1.